The summed E-state index contributed by atoms with van der Waals surface area (Å²) >= 11 is 2.08. The van der Waals surface area contributed by atoms with Gasteiger partial charge in [-0.1, -0.05) is 12.1 Å². The molecule has 1 aliphatic rings. The van der Waals surface area contributed by atoms with Crippen molar-refractivity contribution in [3.8, 4) is 0 Å². The van der Waals surface area contributed by atoms with Gasteiger partial charge in [-0.3, -0.25) is 6.08 Å². The van der Waals surface area contributed by atoms with Gasteiger partial charge in [0.2, 0.25) is 0 Å². The van der Waals surface area contributed by atoms with Crippen molar-refractivity contribution >= 4 is 39.5 Å². The quantitative estimate of drug-likeness (QED) is 0.373. The molecule has 1 nitrogen and oxygen atoms in total. The van der Waals surface area contributed by atoms with Gasteiger partial charge in [-0.15, -0.1) is 55.1 Å². The van der Waals surface area contributed by atoms with Crippen LogP contribution in [0.15, 0.2) is 48.6 Å². The van der Waals surface area contributed by atoms with Crippen LogP contribution in [0.2, 0.25) is 0 Å². The van der Waals surface area contributed by atoms with Gasteiger partial charge >= 0.3 is 37.6 Å². The number of nitrogens with one attached hydrogen (secondary N) is 1. The molecule has 3 rings (SSSR count). The number of hydrogen-bond acceptors (Lipinski definition) is 0. The minimum atomic E-state index is 0. The fraction of sp³-hybridized carbons (Fsp3) is 0.150. The zero-order chi connectivity index (χ0) is 13.2. The van der Waals surface area contributed by atoms with Gasteiger partial charge in [0.05, 0.1) is 0 Å². The summed E-state index contributed by atoms with van der Waals surface area (Å²) in [7, 11) is 0. The second-order valence-corrected chi connectivity index (χ2v) is 5.57. The molecule has 2 aromatic rings. The van der Waals surface area contributed by atoms with Crippen LogP contribution in [0.4, 0.5) is 0 Å². The molecule has 0 saturated heterocycles. The molecule has 0 radical (unpaired) electrons. The molecule has 0 aliphatic heterocycles. The average molecular weight is 404 g/mol. The number of H-pyrrole nitrogens is 1. The van der Waals surface area contributed by atoms with Crippen molar-refractivity contribution in [3.63, 3.8) is 0 Å². The van der Waals surface area contributed by atoms with E-state index in [9.17, 15) is 0 Å². The number of aromatic amines is 1. The van der Waals surface area contributed by atoms with Crippen molar-refractivity contribution < 1.29 is 20.0 Å². The van der Waals surface area contributed by atoms with Crippen molar-refractivity contribution in [2.75, 3.05) is 0 Å². The third kappa shape index (κ3) is 19.5. The number of benzene rings is 1. The molecule has 1 N–H and O–H groups in total. The largest absolute Gasteiger partial charge is 0.477 e. The Morgan fingerprint density at radius 2 is 1.58 bits per heavy atom. The molecule has 0 unspecified atom stereocenters. The molecule has 1 aliphatic carbocycles. The minimum absolute atomic E-state index is 0. The first-order valence-electron chi connectivity index (χ1n) is 5.87. The zero-order valence-corrected chi connectivity index (χ0v) is 18.8. The molecule has 24 heavy (non-hydrogen) atoms. The number of hydrogen-bond donors (Lipinski definition) is 1. The number of allylic oxidation sites excluding steroid dienone is 4. The van der Waals surface area contributed by atoms with Crippen LogP contribution in [0, 0.1) is 42.0 Å². The van der Waals surface area contributed by atoms with E-state index in [2.05, 4.69) is 63.2 Å². The van der Waals surface area contributed by atoms with Gasteiger partial charge in [-0.05, 0) is 0 Å². The Labute approximate surface area is 174 Å². The molecule has 140 valence electrons. The second kappa shape index (κ2) is 24.7. The van der Waals surface area contributed by atoms with Crippen LogP contribution in [0.1, 0.15) is 20.3 Å². The first kappa shape index (κ1) is 38.8. The summed E-state index contributed by atoms with van der Waals surface area (Å²) < 4.78 is 1.42. The summed E-state index contributed by atoms with van der Waals surface area (Å²) in [5.41, 5.74) is 1.15. The molecular weight excluding hydrogens is 373 g/mol. The second-order valence-electron chi connectivity index (χ2n) is 4.00. The predicted octanol–water partition coefficient (Wildman–Crippen LogP) is 6.66. The smallest absolute Gasteiger partial charge is 0.0745 e. The molecule has 1 aromatic heterocycles. The predicted molar refractivity (Wildman–Crippen MR) is 115 cm³/mol. The fourth-order valence-electron chi connectivity index (χ4n) is 1.27. The van der Waals surface area contributed by atoms with Crippen LogP contribution < -0.4 is 0 Å². The Kier molecular flexibility index (Phi) is 39.8. The molecule has 0 fully saturated rings. The van der Waals surface area contributed by atoms with E-state index in [-0.39, 0.29) is 54.5 Å². The SMILES string of the molecule is C[C](C)=[Ti].Cl.Cl.[C-]1=CC=CC1.[CH3-].[CH3-].[CH3-].[CH3-].[c-]1cc2ccccc2[nH]1. The molecule has 0 bridgehead atoms. The summed E-state index contributed by atoms with van der Waals surface area (Å²) in [6, 6.07) is 10.1. The topological polar surface area (TPSA) is 15.8 Å². The average Bonchev–Trinajstić information content (AvgIpc) is 3.03. The number of fused-ring (bicyclic) bond motifs is 1. The fourth-order valence-corrected chi connectivity index (χ4v) is 1.27. The van der Waals surface area contributed by atoms with Crippen LogP contribution in [0.5, 0.6) is 0 Å². The maximum atomic E-state index is 2.99. The van der Waals surface area contributed by atoms with Crippen molar-refractivity contribution in [3.05, 3.63) is 90.5 Å². The van der Waals surface area contributed by atoms with E-state index < -0.39 is 0 Å². The van der Waals surface area contributed by atoms with Crippen LogP contribution in [-0.4, -0.2) is 8.80 Å². The third-order valence-electron chi connectivity index (χ3n) is 1.98. The van der Waals surface area contributed by atoms with Gasteiger partial charge in [0, 0.05) is 0 Å². The zero-order valence-electron chi connectivity index (χ0n) is 15.6. The Balaban J connectivity index is -0.0000000486. The van der Waals surface area contributed by atoms with E-state index in [1.54, 1.807) is 0 Å². The Morgan fingerprint density at radius 1 is 1.04 bits per heavy atom. The summed E-state index contributed by atoms with van der Waals surface area (Å²) in [6.45, 7) is 4.17. The van der Waals surface area contributed by atoms with E-state index in [1.807, 2.05) is 36.4 Å². The summed E-state index contributed by atoms with van der Waals surface area (Å²) in [4.78, 5) is 2.99. The van der Waals surface area contributed by atoms with Crippen molar-refractivity contribution in [2.24, 2.45) is 0 Å². The third-order valence-corrected chi connectivity index (χ3v) is 1.98. The van der Waals surface area contributed by atoms with Gasteiger partial charge in [-0.2, -0.15) is 17.5 Å². The number of para-hydroxylation sites is 1. The first-order valence-corrected chi connectivity index (χ1v) is 6.65. The van der Waals surface area contributed by atoms with Gasteiger partial charge in [0.25, 0.3) is 0 Å². The Morgan fingerprint density at radius 3 is 1.96 bits per heavy atom. The van der Waals surface area contributed by atoms with E-state index in [1.165, 1.54) is 9.20 Å². The maximum Gasteiger partial charge on any atom is -0.0745 e. The summed E-state index contributed by atoms with van der Waals surface area (Å²) in [5, 5.41) is 1.22. The standard InChI is InChI=1S/C8H6N.C5H5.C3H6.4CH3.2ClH.Ti/c1-2-4-8-7(3-1)5-6-9-8;1-2-4-5-3-1;1-3-2;;;;;;;/h1-5,9H;1-3H,4H2;1-2H3;4*1H3;2*1H;/q2*-1;;4*-1;;;. The maximum absolute atomic E-state index is 2.99. The van der Waals surface area contributed by atoms with E-state index in [4.69, 9.17) is 0 Å². The first-order chi connectivity index (χ1) is 8.70. The van der Waals surface area contributed by atoms with Gasteiger partial charge in [0.15, 0.2) is 0 Å². The Bertz CT molecular complexity index is 501. The van der Waals surface area contributed by atoms with Crippen molar-refractivity contribution in [1.82, 2.24) is 4.98 Å². The minimum Gasteiger partial charge on any atom is -0.477 e. The molecule has 0 atom stereocenters. The van der Waals surface area contributed by atoms with E-state index in [0.717, 1.165) is 11.9 Å². The molecule has 1 aromatic carbocycles. The van der Waals surface area contributed by atoms with Gasteiger partial charge < -0.3 is 34.7 Å². The number of aromatic nitrogens is 1. The molecule has 0 amide bonds. The van der Waals surface area contributed by atoms with Crippen LogP contribution >= 0.6 is 24.8 Å². The molecule has 0 spiro atoms. The van der Waals surface area contributed by atoms with E-state index >= 15 is 0 Å². The van der Waals surface area contributed by atoms with Crippen LogP contribution in [0.3, 0.4) is 0 Å². The van der Waals surface area contributed by atoms with Crippen LogP contribution in [0.25, 0.3) is 10.9 Å². The van der Waals surface area contributed by atoms with Gasteiger partial charge in [-0.25, -0.2) is 12.2 Å². The van der Waals surface area contributed by atoms with Crippen molar-refractivity contribution in [1.29, 1.82) is 0 Å². The number of halogens is 2. The molecule has 1 heterocycles. The Hall–Kier alpha value is -0.596. The molecular formula is C20H31Cl2NTi-6. The van der Waals surface area contributed by atoms with Gasteiger partial charge in [0.1, 0.15) is 0 Å². The monoisotopic (exact) mass is 403 g/mol. The number of rotatable bonds is 0. The summed E-state index contributed by atoms with van der Waals surface area (Å²) in [5.74, 6) is 0. The molecule has 0 saturated carbocycles. The van der Waals surface area contributed by atoms with E-state index in [0.29, 0.717) is 0 Å². The summed E-state index contributed by atoms with van der Waals surface area (Å²) in [6.07, 6.45) is 12.9. The van der Waals surface area contributed by atoms with Crippen molar-refractivity contribution in [2.45, 2.75) is 20.3 Å². The van der Waals surface area contributed by atoms with Crippen LogP contribution in [-0.2, 0) is 20.0 Å². The normalized spacial score (nSPS) is 8.54. The molecule has 4 heteroatoms.